The highest BCUT2D eigenvalue weighted by Gasteiger charge is 2.26. The molecule has 0 amide bonds. The Labute approximate surface area is 175 Å². The summed E-state index contributed by atoms with van der Waals surface area (Å²) in [5.41, 5.74) is 5.00. The fourth-order valence-electron chi connectivity index (χ4n) is 3.94. The smallest absolute Gasteiger partial charge is 0.211 e. The van der Waals surface area contributed by atoms with Gasteiger partial charge in [0, 0.05) is 45.5 Å². The molecule has 3 rings (SSSR count). The van der Waals surface area contributed by atoms with E-state index in [4.69, 9.17) is 0 Å². The van der Waals surface area contributed by atoms with Crippen LogP contribution in [0, 0.1) is 5.92 Å². The van der Waals surface area contributed by atoms with Crippen molar-refractivity contribution in [1.29, 1.82) is 0 Å². The number of fused-ring (bicyclic) bond motifs is 1. The molecule has 6 heteroatoms. The zero-order chi connectivity index (χ0) is 21.0. The van der Waals surface area contributed by atoms with Gasteiger partial charge in [0.15, 0.2) is 0 Å². The van der Waals surface area contributed by atoms with E-state index < -0.39 is 10.0 Å². The summed E-state index contributed by atoms with van der Waals surface area (Å²) in [7, 11) is 0.754. The van der Waals surface area contributed by atoms with Gasteiger partial charge in [0.2, 0.25) is 10.0 Å². The fourth-order valence-corrected chi connectivity index (χ4v) is 5.35. The molecule has 2 aromatic carbocycles. The lowest BCUT2D eigenvalue weighted by Crippen LogP contribution is -2.41. The van der Waals surface area contributed by atoms with Crippen molar-refractivity contribution in [1.82, 2.24) is 9.62 Å². The van der Waals surface area contributed by atoms with Crippen LogP contribution in [0.2, 0.25) is 0 Å². The number of anilines is 1. The molecule has 0 saturated heterocycles. The van der Waals surface area contributed by atoms with Gasteiger partial charge < -0.3 is 4.90 Å². The van der Waals surface area contributed by atoms with Crippen molar-refractivity contribution in [2.75, 3.05) is 37.8 Å². The Morgan fingerprint density at radius 3 is 2.31 bits per heavy atom. The molecule has 0 fully saturated rings. The second-order valence-electron chi connectivity index (χ2n) is 8.51. The molecular weight excluding hydrogens is 382 g/mol. The second kappa shape index (κ2) is 9.28. The average molecular weight is 416 g/mol. The zero-order valence-electron chi connectivity index (χ0n) is 17.9. The standard InChI is InChI=1S/C23H33N3O2S/c1-18(2)17-29(27,28)24-15-23(20-9-11-22(12-10-20)25(3)4)26-14-13-19-7-5-6-8-21(19)16-26/h5-12,18,23-24H,13-17H2,1-4H3. The van der Waals surface area contributed by atoms with Crippen LogP contribution in [0.4, 0.5) is 5.69 Å². The lowest BCUT2D eigenvalue weighted by atomic mass is 9.96. The summed E-state index contributed by atoms with van der Waals surface area (Å²) < 4.78 is 27.8. The maximum Gasteiger partial charge on any atom is 0.211 e. The van der Waals surface area contributed by atoms with E-state index in [0.29, 0.717) is 6.54 Å². The van der Waals surface area contributed by atoms with E-state index in [1.54, 1.807) is 0 Å². The summed E-state index contributed by atoms with van der Waals surface area (Å²) in [6.07, 6.45) is 0.987. The third-order valence-corrected chi connectivity index (χ3v) is 7.16. The normalized spacial score (nSPS) is 15.9. The largest absolute Gasteiger partial charge is 0.378 e. The lowest BCUT2D eigenvalue weighted by Gasteiger charge is -2.36. The van der Waals surface area contributed by atoms with Crippen molar-refractivity contribution in [2.45, 2.75) is 32.9 Å². The van der Waals surface area contributed by atoms with E-state index in [2.05, 4.69) is 63.1 Å². The van der Waals surface area contributed by atoms with Crippen LogP contribution in [-0.4, -0.2) is 46.3 Å². The fraction of sp³-hybridized carbons (Fsp3) is 0.478. The Kier molecular flexibility index (Phi) is 6.98. The van der Waals surface area contributed by atoms with Crippen LogP contribution in [0.25, 0.3) is 0 Å². The number of rotatable bonds is 8. The van der Waals surface area contributed by atoms with Gasteiger partial charge in [-0.15, -0.1) is 0 Å². The van der Waals surface area contributed by atoms with Crippen LogP contribution in [-0.2, 0) is 23.0 Å². The Morgan fingerprint density at radius 1 is 1.03 bits per heavy atom. The van der Waals surface area contributed by atoms with Gasteiger partial charge in [-0.2, -0.15) is 0 Å². The van der Waals surface area contributed by atoms with Crippen molar-refractivity contribution < 1.29 is 8.42 Å². The van der Waals surface area contributed by atoms with Crippen molar-refractivity contribution in [3.05, 3.63) is 65.2 Å². The molecule has 0 spiro atoms. The monoisotopic (exact) mass is 415 g/mol. The third kappa shape index (κ3) is 5.81. The van der Waals surface area contributed by atoms with Gasteiger partial charge in [-0.3, -0.25) is 4.90 Å². The summed E-state index contributed by atoms with van der Waals surface area (Å²) in [4.78, 5) is 4.46. The Hall–Kier alpha value is -1.89. The highest BCUT2D eigenvalue weighted by molar-refractivity contribution is 7.89. The summed E-state index contributed by atoms with van der Waals surface area (Å²) in [5, 5.41) is 0. The van der Waals surface area contributed by atoms with Crippen LogP contribution < -0.4 is 9.62 Å². The summed E-state index contributed by atoms with van der Waals surface area (Å²) in [6, 6.07) is 17.0. The minimum Gasteiger partial charge on any atom is -0.378 e. The van der Waals surface area contributed by atoms with Crippen molar-refractivity contribution in [2.24, 2.45) is 5.92 Å². The van der Waals surface area contributed by atoms with Gasteiger partial charge in [0.1, 0.15) is 0 Å². The van der Waals surface area contributed by atoms with E-state index in [9.17, 15) is 8.42 Å². The van der Waals surface area contributed by atoms with E-state index in [1.165, 1.54) is 11.1 Å². The van der Waals surface area contributed by atoms with Crippen LogP contribution in [0.5, 0.6) is 0 Å². The van der Waals surface area contributed by atoms with Gasteiger partial charge in [-0.05, 0) is 41.2 Å². The Morgan fingerprint density at radius 2 is 1.69 bits per heavy atom. The first-order valence-corrected chi connectivity index (χ1v) is 12.0. The molecule has 1 atom stereocenters. The molecule has 0 aliphatic carbocycles. The molecule has 1 unspecified atom stereocenters. The number of nitrogens with zero attached hydrogens (tertiary/aromatic N) is 2. The molecule has 158 valence electrons. The molecule has 5 nitrogen and oxygen atoms in total. The zero-order valence-corrected chi connectivity index (χ0v) is 18.7. The molecule has 0 saturated carbocycles. The summed E-state index contributed by atoms with van der Waals surface area (Å²) in [6.45, 7) is 6.00. The van der Waals surface area contributed by atoms with Gasteiger partial charge in [-0.25, -0.2) is 13.1 Å². The second-order valence-corrected chi connectivity index (χ2v) is 10.4. The maximum atomic E-state index is 12.5. The first-order valence-electron chi connectivity index (χ1n) is 10.3. The summed E-state index contributed by atoms with van der Waals surface area (Å²) in [5.74, 6) is 0.259. The number of sulfonamides is 1. The predicted molar refractivity (Wildman–Crippen MR) is 121 cm³/mol. The number of hydrogen-bond donors (Lipinski definition) is 1. The van der Waals surface area contributed by atoms with Crippen LogP contribution in [0.3, 0.4) is 0 Å². The molecule has 0 radical (unpaired) electrons. The van der Waals surface area contributed by atoms with E-state index >= 15 is 0 Å². The topological polar surface area (TPSA) is 52.7 Å². The van der Waals surface area contributed by atoms with Crippen LogP contribution in [0.15, 0.2) is 48.5 Å². The SMILES string of the molecule is CC(C)CS(=O)(=O)NCC(c1ccc(N(C)C)cc1)N1CCc2ccccc2C1. The van der Waals surface area contributed by atoms with Crippen molar-refractivity contribution in [3.63, 3.8) is 0 Å². The molecule has 1 N–H and O–H groups in total. The van der Waals surface area contributed by atoms with Gasteiger partial charge in [0.25, 0.3) is 0 Å². The van der Waals surface area contributed by atoms with E-state index in [-0.39, 0.29) is 17.7 Å². The van der Waals surface area contributed by atoms with Gasteiger partial charge in [0.05, 0.1) is 5.75 Å². The highest BCUT2D eigenvalue weighted by atomic mass is 32.2. The quantitative estimate of drug-likeness (QED) is 0.718. The minimum atomic E-state index is -3.29. The molecular formula is C23H33N3O2S. The third-order valence-electron chi connectivity index (χ3n) is 5.44. The van der Waals surface area contributed by atoms with E-state index in [0.717, 1.165) is 30.8 Å². The van der Waals surface area contributed by atoms with Gasteiger partial charge in [-0.1, -0.05) is 50.2 Å². The predicted octanol–water partition coefficient (Wildman–Crippen LogP) is 3.43. The maximum absolute atomic E-state index is 12.5. The number of nitrogens with one attached hydrogen (secondary N) is 1. The summed E-state index contributed by atoms with van der Waals surface area (Å²) >= 11 is 0. The van der Waals surface area contributed by atoms with E-state index in [1.807, 2.05) is 27.9 Å². The molecule has 2 aromatic rings. The molecule has 29 heavy (non-hydrogen) atoms. The average Bonchev–Trinajstić information content (AvgIpc) is 2.67. The Bertz CT molecular complexity index is 908. The number of benzene rings is 2. The molecule has 1 aliphatic heterocycles. The molecule has 0 aromatic heterocycles. The first kappa shape index (κ1) is 21.8. The minimum absolute atomic E-state index is 0.00139. The Balaban J connectivity index is 1.83. The van der Waals surface area contributed by atoms with Crippen LogP contribution in [0.1, 0.15) is 36.6 Å². The highest BCUT2D eigenvalue weighted by Crippen LogP contribution is 2.29. The number of hydrogen-bond acceptors (Lipinski definition) is 4. The van der Waals surface area contributed by atoms with Crippen LogP contribution >= 0.6 is 0 Å². The van der Waals surface area contributed by atoms with Crippen molar-refractivity contribution >= 4 is 15.7 Å². The first-order chi connectivity index (χ1) is 13.7. The molecule has 1 aliphatic rings. The van der Waals surface area contributed by atoms with Gasteiger partial charge >= 0.3 is 0 Å². The lowest BCUT2D eigenvalue weighted by molar-refractivity contribution is 0.180. The molecule has 0 bridgehead atoms. The van der Waals surface area contributed by atoms with Crippen molar-refractivity contribution in [3.8, 4) is 0 Å². The molecule has 1 heterocycles.